The summed E-state index contributed by atoms with van der Waals surface area (Å²) in [5.41, 5.74) is 6.13. The summed E-state index contributed by atoms with van der Waals surface area (Å²) in [5, 5.41) is 9.19. The van der Waals surface area contributed by atoms with Gasteiger partial charge >= 0.3 is 0 Å². The summed E-state index contributed by atoms with van der Waals surface area (Å²) in [7, 11) is 0. The van der Waals surface area contributed by atoms with Gasteiger partial charge in [-0.15, -0.1) is 0 Å². The van der Waals surface area contributed by atoms with Crippen LogP contribution in [0.25, 0.3) is 0 Å². The van der Waals surface area contributed by atoms with E-state index in [2.05, 4.69) is 6.92 Å². The van der Waals surface area contributed by atoms with Gasteiger partial charge in [-0.3, -0.25) is 4.79 Å². The molecule has 0 aromatic heterocycles. The lowest BCUT2D eigenvalue weighted by molar-refractivity contribution is -0.152. The average molecular weight is 270 g/mol. The minimum Gasteiger partial charge on any atom is -0.394 e. The summed E-state index contributed by atoms with van der Waals surface area (Å²) >= 11 is 0. The van der Waals surface area contributed by atoms with E-state index < -0.39 is 0 Å². The van der Waals surface area contributed by atoms with Crippen LogP contribution in [0.3, 0.4) is 0 Å². The molecule has 1 heterocycles. The lowest BCUT2D eigenvalue weighted by Gasteiger charge is -2.41. The van der Waals surface area contributed by atoms with Crippen LogP contribution in [0.5, 0.6) is 0 Å². The molecule has 1 aliphatic heterocycles. The third-order valence-corrected chi connectivity index (χ3v) is 4.48. The van der Waals surface area contributed by atoms with Crippen LogP contribution in [0.4, 0.5) is 0 Å². The van der Waals surface area contributed by atoms with E-state index in [1.807, 2.05) is 11.8 Å². The highest BCUT2D eigenvalue weighted by molar-refractivity contribution is 5.80. The van der Waals surface area contributed by atoms with Gasteiger partial charge < -0.3 is 20.5 Å². The first kappa shape index (κ1) is 14.8. The Bertz CT molecular complexity index is 324. The number of morpholine rings is 1. The van der Waals surface area contributed by atoms with Gasteiger partial charge in [-0.1, -0.05) is 6.92 Å². The monoisotopic (exact) mass is 270 g/mol. The van der Waals surface area contributed by atoms with Crippen molar-refractivity contribution in [3.63, 3.8) is 0 Å². The van der Waals surface area contributed by atoms with Crippen LogP contribution in [-0.4, -0.2) is 53.9 Å². The van der Waals surface area contributed by atoms with Gasteiger partial charge in [0, 0.05) is 12.6 Å². The van der Waals surface area contributed by atoms with Crippen LogP contribution >= 0.6 is 0 Å². The number of hydrogen-bond donors (Lipinski definition) is 2. The van der Waals surface area contributed by atoms with Crippen LogP contribution in [0, 0.1) is 11.8 Å². The maximum Gasteiger partial charge on any atom is 0.227 e. The van der Waals surface area contributed by atoms with E-state index in [0.717, 1.165) is 19.3 Å². The summed E-state index contributed by atoms with van der Waals surface area (Å²) < 4.78 is 5.48. The molecule has 5 nitrogen and oxygen atoms in total. The number of carbonyl (C=O) groups is 1. The molecule has 1 amide bonds. The molecule has 1 saturated heterocycles. The van der Waals surface area contributed by atoms with Crippen molar-refractivity contribution in [1.29, 1.82) is 0 Å². The molecule has 0 aromatic rings. The van der Waals surface area contributed by atoms with Crippen LogP contribution in [0.2, 0.25) is 0 Å². The number of nitrogens with two attached hydrogens (primary N) is 1. The van der Waals surface area contributed by atoms with Gasteiger partial charge in [-0.2, -0.15) is 0 Å². The molecular formula is C14H26N2O3. The number of aliphatic hydroxyl groups is 1. The molecule has 19 heavy (non-hydrogen) atoms. The molecule has 0 bridgehead atoms. The van der Waals surface area contributed by atoms with E-state index in [1.165, 1.54) is 0 Å². The van der Waals surface area contributed by atoms with Crippen molar-refractivity contribution in [3.05, 3.63) is 0 Å². The minimum absolute atomic E-state index is 0.0219. The fourth-order valence-electron chi connectivity index (χ4n) is 3.14. The highest BCUT2D eigenvalue weighted by Gasteiger charge is 2.38. The van der Waals surface area contributed by atoms with E-state index >= 15 is 0 Å². The van der Waals surface area contributed by atoms with Gasteiger partial charge in [0.1, 0.15) is 0 Å². The molecule has 5 unspecified atom stereocenters. The molecule has 2 fully saturated rings. The third-order valence-electron chi connectivity index (χ3n) is 4.48. The molecule has 3 N–H and O–H groups in total. The van der Waals surface area contributed by atoms with Crippen molar-refractivity contribution >= 4 is 5.91 Å². The van der Waals surface area contributed by atoms with E-state index in [9.17, 15) is 9.90 Å². The van der Waals surface area contributed by atoms with E-state index in [-0.39, 0.29) is 36.6 Å². The number of amides is 1. The lowest BCUT2D eigenvalue weighted by Crippen LogP contribution is -2.56. The molecule has 0 radical (unpaired) electrons. The van der Waals surface area contributed by atoms with Crippen molar-refractivity contribution in [2.75, 3.05) is 19.8 Å². The van der Waals surface area contributed by atoms with Gasteiger partial charge in [0.2, 0.25) is 5.91 Å². The first-order chi connectivity index (χ1) is 9.02. The molecule has 110 valence electrons. The average Bonchev–Trinajstić information content (AvgIpc) is 2.41. The number of aliphatic hydroxyl groups excluding tert-OH is 1. The van der Waals surface area contributed by atoms with Gasteiger partial charge in [-0.05, 0) is 32.1 Å². The summed E-state index contributed by atoms with van der Waals surface area (Å²) in [6, 6.07) is 0.0473. The van der Waals surface area contributed by atoms with Crippen LogP contribution in [-0.2, 0) is 9.53 Å². The molecular weight excluding hydrogens is 244 g/mol. The van der Waals surface area contributed by atoms with Crippen LogP contribution < -0.4 is 5.73 Å². The van der Waals surface area contributed by atoms with Gasteiger partial charge in [0.05, 0.1) is 31.3 Å². The normalized spacial score (nSPS) is 40.2. The molecule has 1 saturated carbocycles. The van der Waals surface area contributed by atoms with Crippen molar-refractivity contribution in [2.24, 2.45) is 17.6 Å². The van der Waals surface area contributed by atoms with Gasteiger partial charge in [0.15, 0.2) is 0 Å². The first-order valence-electron chi connectivity index (χ1n) is 7.31. The molecule has 2 aliphatic rings. The number of carbonyl (C=O) groups excluding carboxylic acids is 1. The summed E-state index contributed by atoms with van der Waals surface area (Å²) in [4.78, 5) is 14.5. The Morgan fingerprint density at radius 1 is 1.42 bits per heavy atom. The molecule has 0 aromatic carbocycles. The fourth-order valence-corrected chi connectivity index (χ4v) is 3.14. The van der Waals surface area contributed by atoms with Gasteiger partial charge in [0.25, 0.3) is 0 Å². The predicted octanol–water partition coefficient (Wildman–Crippen LogP) is 0.358. The largest absolute Gasteiger partial charge is 0.394 e. The zero-order chi connectivity index (χ0) is 14.0. The van der Waals surface area contributed by atoms with E-state index in [0.29, 0.717) is 19.1 Å². The number of ether oxygens (including phenoxy) is 1. The Morgan fingerprint density at radius 3 is 2.84 bits per heavy atom. The zero-order valence-corrected chi connectivity index (χ0v) is 11.9. The summed E-state index contributed by atoms with van der Waals surface area (Å²) in [5.74, 6) is 0.649. The SMILES string of the molecule is CC1CCC(N)C(C(=O)N2CC(CO)OCC2C)C1. The molecule has 2 rings (SSSR count). The Labute approximate surface area is 115 Å². The number of nitrogens with zero attached hydrogens (tertiary/aromatic N) is 1. The maximum atomic E-state index is 12.7. The quantitative estimate of drug-likeness (QED) is 0.759. The second-order valence-electron chi connectivity index (χ2n) is 6.17. The molecule has 5 atom stereocenters. The molecule has 1 aliphatic carbocycles. The van der Waals surface area contributed by atoms with Crippen molar-refractivity contribution in [3.8, 4) is 0 Å². The van der Waals surface area contributed by atoms with E-state index in [1.54, 1.807) is 0 Å². The standard InChI is InChI=1S/C14H26N2O3/c1-9-3-4-13(15)12(5-9)14(18)16-6-11(7-17)19-8-10(16)2/h9-13,17H,3-8,15H2,1-2H3. The van der Waals surface area contributed by atoms with Crippen LogP contribution in [0.1, 0.15) is 33.1 Å². The predicted molar refractivity (Wildman–Crippen MR) is 72.5 cm³/mol. The zero-order valence-electron chi connectivity index (χ0n) is 11.9. The minimum atomic E-state index is -0.252. The fraction of sp³-hybridized carbons (Fsp3) is 0.929. The number of hydrogen-bond acceptors (Lipinski definition) is 4. The second-order valence-corrected chi connectivity index (χ2v) is 6.17. The van der Waals surface area contributed by atoms with Crippen molar-refractivity contribution in [2.45, 2.75) is 51.3 Å². The van der Waals surface area contributed by atoms with Gasteiger partial charge in [-0.25, -0.2) is 0 Å². The number of rotatable bonds is 2. The van der Waals surface area contributed by atoms with Crippen molar-refractivity contribution in [1.82, 2.24) is 4.90 Å². The van der Waals surface area contributed by atoms with Crippen LogP contribution in [0.15, 0.2) is 0 Å². The van der Waals surface area contributed by atoms with E-state index in [4.69, 9.17) is 10.5 Å². The molecule has 5 heteroatoms. The highest BCUT2D eigenvalue weighted by Crippen LogP contribution is 2.30. The molecule has 0 spiro atoms. The topological polar surface area (TPSA) is 75.8 Å². The Morgan fingerprint density at radius 2 is 2.16 bits per heavy atom. The Hall–Kier alpha value is -0.650. The summed E-state index contributed by atoms with van der Waals surface area (Å²) in [6.07, 6.45) is 2.67. The first-order valence-corrected chi connectivity index (χ1v) is 7.31. The lowest BCUT2D eigenvalue weighted by atomic mass is 9.78. The Kier molecular flexibility index (Phi) is 4.81. The highest BCUT2D eigenvalue weighted by atomic mass is 16.5. The Balaban J connectivity index is 2.04. The summed E-state index contributed by atoms with van der Waals surface area (Å²) in [6.45, 7) is 5.11. The van der Waals surface area contributed by atoms with Crippen molar-refractivity contribution < 1.29 is 14.6 Å². The maximum absolute atomic E-state index is 12.7. The third kappa shape index (κ3) is 3.27. The second kappa shape index (κ2) is 6.20. The smallest absolute Gasteiger partial charge is 0.227 e.